The van der Waals surface area contributed by atoms with Gasteiger partial charge in [0, 0.05) is 28.9 Å². The number of rotatable bonds is 7. The third kappa shape index (κ3) is 5.48. The summed E-state index contributed by atoms with van der Waals surface area (Å²) in [6.07, 6.45) is 1.77. The second-order valence-electron chi connectivity index (χ2n) is 6.66. The van der Waals surface area contributed by atoms with E-state index >= 15 is 0 Å². The molecule has 0 radical (unpaired) electrons. The highest BCUT2D eigenvalue weighted by molar-refractivity contribution is 7.12. The topological polar surface area (TPSA) is 56.2 Å². The van der Waals surface area contributed by atoms with Gasteiger partial charge in [-0.25, -0.2) is 8.78 Å². The summed E-state index contributed by atoms with van der Waals surface area (Å²) in [7, 11) is 0. The lowest BCUT2D eigenvalue weighted by Gasteiger charge is -2.05. The summed E-state index contributed by atoms with van der Waals surface area (Å²) in [4.78, 5) is 13.0. The molecule has 2 aromatic carbocycles. The molecule has 2 aromatic heterocycles. The van der Waals surface area contributed by atoms with Crippen molar-refractivity contribution in [2.75, 3.05) is 5.32 Å². The number of amides is 1. The van der Waals surface area contributed by atoms with Crippen LogP contribution in [0.3, 0.4) is 0 Å². The van der Waals surface area contributed by atoms with Crippen molar-refractivity contribution < 1.29 is 18.3 Å². The van der Waals surface area contributed by atoms with Gasteiger partial charge in [0.25, 0.3) is 5.91 Å². The smallest absolute Gasteiger partial charge is 0.266 e. The summed E-state index contributed by atoms with van der Waals surface area (Å²) in [5.74, 6) is -1.37. The number of aromatic nitrogens is 2. The van der Waals surface area contributed by atoms with Gasteiger partial charge in [0.05, 0.1) is 11.4 Å². The molecule has 0 unspecified atom stereocenters. The number of anilines is 1. The van der Waals surface area contributed by atoms with Gasteiger partial charge in [0.15, 0.2) is 17.4 Å². The molecule has 0 saturated heterocycles. The van der Waals surface area contributed by atoms with Crippen LogP contribution in [0, 0.1) is 11.6 Å². The van der Waals surface area contributed by atoms with Gasteiger partial charge in [-0.3, -0.25) is 9.48 Å². The van der Waals surface area contributed by atoms with Gasteiger partial charge in [0.1, 0.15) is 12.4 Å². The molecular formula is C22H16ClF2N3O2S. The highest BCUT2D eigenvalue weighted by Crippen LogP contribution is 2.22. The largest absolute Gasteiger partial charge is 0.486 e. The van der Waals surface area contributed by atoms with Crippen molar-refractivity contribution in [1.29, 1.82) is 0 Å². The quantitative estimate of drug-likeness (QED) is 0.382. The van der Waals surface area contributed by atoms with E-state index in [1.807, 2.05) is 24.3 Å². The summed E-state index contributed by atoms with van der Waals surface area (Å²) in [5, 5.41) is 9.52. The van der Waals surface area contributed by atoms with Gasteiger partial charge in [-0.15, -0.1) is 11.3 Å². The van der Waals surface area contributed by atoms with Gasteiger partial charge in [-0.1, -0.05) is 23.7 Å². The molecule has 1 N–H and O–H groups in total. The van der Waals surface area contributed by atoms with E-state index in [0.29, 0.717) is 27.8 Å². The maximum absolute atomic E-state index is 13.6. The summed E-state index contributed by atoms with van der Waals surface area (Å²) >= 11 is 7.13. The first-order chi connectivity index (χ1) is 15.0. The van der Waals surface area contributed by atoms with Crippen molar-refractivity contribution in [1.82, 2.24) is 9.78 Å². The SMILES string of the molecule is O=C(Nc1ccn(Cc2ccc(Cl)cc2)n1)c1cc(COc2ccc(F)cc2F)cs1. The zero-order valence-electron chi connectivity index (χ0n) is 16.0. The van der Waals surface area contributed by atoms with Gasteiger partial charge in [-0.2, -0.15) is 5.10 Å². The third-order valence-corrected chi connectivity index (χ3v) is 5.54. The number of benzene rings is 2. The average molecular weight is 460 g/mol. The Balaban J connectivity index is 1.33. The standard InChI is InChI=1S/C22H16ClF2N3O2S/c23-16-3-1-14(2-4-16)11-28-8-7-21(27-28)26-22(29)20-9-15(13-31-20)12-30-19-6-5-17(24)10-18(19)25/h1-10,13H,11-12H2,(H,26,27,29). The average Bonchev–Trinajstić information content (AvgIpc) is 3.39. The molecule has 9 heteroatoms. The van der Waals surface area contributed by atoms with Crippen LogP contribution in [0.25, 0.3) is 0 Å². The molecular weight excluding hydrogens is 444 g/mol. The fraction of sp³-hybridized carbons (Fsp3) is 0.0909. The lowest BCUT2D eigenvalue weighted by atomic mass is 10.2. The van der Waals surface area contributed by atoms with Crippen molar-refractivity contribution >= 4 is 34.7 Å². The predicted octanol–water partition coefficient (Wildman–Crippen LogP) is 5.76. The third-order valence-electron chi connectivity index (χ3n) is 4.31. The van der Waals surface area contributed by atoms with E-state index in [1.54, 1.807) is 28.4 Å². The normalized spacial score (nSPS) is 10.8. The van der Waals surface area contributed by atoms with Crippen LogP contribution in [-0.2, 0) is 13.2 Å². The first-order valence-corrected chi connectivity index (χ1v) is 10.5. The van der Waals surface area contributed by atoms with E-state index in [9.17, 15) is 13.6 Å². The molecule has 4 aromatic rings. The van der Waals surface area contributed by atoms with Crippen molar-refractivity contribution in [3.63, 3.8) is 0 Å². The Morgan fingerprint density at radius 1 is 1.10 bits per heavy atom. The Hall–Kier alpha value is -3.23. The Kier molecular flexibility index (Phi) is 6.29. The molecule has 4 rings (SSSR count). The minimum Gasteiger partial charge on any atom is -0.486 e. The second-order valence-corrected chi connectivity index (χ2v) is 8.01. The molecule has 0 bridgehead atoms. The van der Waals surface area contributed by atoms with E-state index in [-0.39, 0.29) is 18.3 Å². The molecule has 31 heavy (non-hydrogen) atoms. The number of carbonyl (C=O) groups is 1. The zero-order valence-corrected chi connectivity index (χ0v) is 17.6. The van der Waals surface area contributed by atoms with Gasteiger partial charge < -0.3 is 10.1 Å². The van der Waals surface area contributed by atoms with Crippen LogP contribution < -0.4 is 10.1 Å². The molecule has 1 amide bonds. The summed E-state index contributed by atoms with van der Waals surface area (Å²) in [5.41, 5.74) is 1.73. The number of nitrogens with one attached hydrogen (secondary N) is 1. The van der Waals surface area contributed by atoms with Gasteiger partial charge in [-0.05, 0) is 41.3 Å². The molecule has 158 valence electrons. The van der Waals surface area contributed by atoms with Crippen LogP contribution >= 0.6 is 22.9 Å². The Bertz CT molecular complexity index is 1210. The van der Waals surface area contributed by atoms with E-state index in [1.165, 1.54) is 17.4 Å². The number of halogens is 3. The number of nitrogens with zero attached hydrogens (tertiary/aromatic N) is 2. The first kappa shape index (κ1) is 21.0. The Labute approximate surface area is 185 Å². The summed E-state index contributed by atoms with van der Waals surface area (Å²) in [6.45, 7) is 0.607. The van der Waals surface area contributed by atoms with Crippen LogP contribution in [0.4, 0.5) is 14.6 Å². The number of carbonyl (C=O) groups excluding carboxylic acids is 1. The van der Waals surface area contributed by atoms with Crippen LogP contribution in [-0.4, -0.2) is 15.7 Å². The monoisotopic (exact) mass is 459 g/mol. The first-order valence-electron chi connectivity index (χ1n) is 9.21. The highest BCUT2D eigenvalue weighted by Gasteiger charge is 2.12. The molecule has 0 atom stereocenters. The van der Waals surface area contributed by atoms with E-state index < -0.39 is 11.6 Å². The van der Waals surface area contributed by atoms with Crippen molar-refractivity contribution in [3.05, 3.63) is 98.8 Å². The van der Waals surface area contributed by atoms with E-state index in [4.69, 9.17) is 16.3 Å². The van der Waals surface area contributed by atoms with Gasteiger partial charge >= 0.3 is 0 Å². The molecule has 0 fully saturated rings. The Morgan fingerprint density at radius 3 is 2.68 bits per heavy atom. The van der Waals surface area contributed by atoms with Crippen molar-refractivity contribution in [2.45, 2.75) is 13.2 Å². The molecule has 5 nitrogen and oxygen atoms in total. The van der Waals surface area contributed by atoms with Gasteiger partial charge in [0.2, 0.25) is 0 Å². The number of hydrogen-bond donors (Lipinski definition) is 1. The molecule has 0 aliphatic carbocycles. The molecule has 2 heterocycles. The van der Waals surface area contributed by atoms with Crippen LogP contribution in [0.5, 0.6) is 5.75 Å². The summed E-state index contributed by atoms with van der Waals surface area (Å²) < 4.78 is 33.7. The number of ether oxygens (including phenoxy) is 1. The minimum absolute atomic E-state index is 0.0511. The fourth-order valence-electron chi connectivity index (χ4n) is 2.79. The van der Waals surface area contributed by atoms with Crippen molar-refractivity contribution in [3.8, 4) is 5.75 Å². The lowest BCUT2D eigenvalue weighted by Crippen LogP contribution is -2.11. The second kappa shape index (κ2) is 9.28. The highest BCUT2D eigenvalue weighted by atomic mass is 35.5. The maximum atomic E-state index is 13.6. The lowest BCUT2D eigenvalue weighted by molar-refractivity contribution is 0.103. The van der Waals surface area contributed by atoms with E-state index in [2.05, 4.69) is 10.4 Å². The minimum atomic E-state index is -0.776. The molecule has 0 aliphatic heterocycles. The zero-order chi connectivity index (χ0) is 21.8. The van der Waals surface area contributed by atoms with Crippen LogP contribution in [0.2, 0.25) is 5.02 Å². The summed E-state index contributed by atoms with van der Waals surface area (Å²) in [6, 6.07) is 13.9. The number of hydrogen-bond acceptors (Lipinski definition) is 4. The molecule has 0 saturated carbocycles. The molecule has 0 spiro atoms. The number of thiophene rings is 1. The van der Waals surface area contributed by atoms with Crippen LogP contribution in [0.1, 0.15) is 20.8 Å². The fourth-order valence-corrected chi connectivity index (χ4v) is 3.71. The maximum Gasteiger partial charge on any atom is 0.266 e. The molecule has 0 aliphatic rings. The van der Waals surface area contributed by atoms with Crippen molar-refractivity contribution in [2.24, 2.45) is 0 Å². The predicted molar refractivity (Wildman–Crippen MR) is 116 cm³/mol. The van der Waals surface area contributed by atoms with E-state index in [0.717, 1.165) is 17.7 Å². The Morgan fingerprint density at radius 2 is 1.90 bits per heavy atom. The van der Waals surface area contributed by atoms with Crippen LogP contribution in [0.15, 0.2) is 66.2 Å².